The molecule has 6 rings (SSSR count). The van der Waals surface area contributed by atoms with Gasteiger partial charge in [-0.2, -0.15) is 0 Å². The van der Waals surface area contributed by atoms with E-state index in [2.05, 4.69) is 5.32 Å². The lowest BCUT2D eigenvalue weighted by molar-refractivity contribution is 0.0695. The molecule has 0 spiro atoms. The highest BCUT2D eigenvalue weighted by atomic mass is 19.1. The van der Waals surface area contributed by atoms with Crippen molar-refractivity contribution in [2.75, 3.05) is 31.1 Å². The number of fused-ring (bicyclic) bond motifs is 4. The van der Waals surface area contributed by atoms with E-state index in [1.54, 1.807) is 4.57 Å². The number of nitrogens with one attached hydrogen (secondary N) is 1. The number of ether oxygens (including phenoxy) is 1. The Bertz CT molecular complexity index is 1510. The van der Waals surface area contributed by atoms with Gasteiger partial charge in [0, 0.05) is 37.8 Å². The number of halogens is 1. The third-order valence-electron chi connectivity index (χ3n) is 6.16. The first kappa shape index (κ1) is 18.8. The zero-order valence-corrected chi connectivity index (χ0v) is 16.9. The fourth-order valence-electron chi connectivity index (χ4n) is 4.67. The fraction of sp³-hybridized carbons (Fsp3) is 0.167. The van der Waals surface area contributed by atoms with Crippen molar-refractivity contribution in [3.8, 4) is 17.2 Å². The number of nitrogens with zero attached hydrogens (tertiary/aromatic N) is 2. The summed E-state index contributed by atoms with van der Waals surface area (Å²) in [4.78, 5) is 26.6. The van der Waals surface area contributed by atoms with Crippen molar-refractivity contribution in [3.05, 3.63) is 70.3 Å². The van der Waals surface area contributed by atoms with E-state index in [1.807, 2.05) is 41.3 Å². The average molecular weight is 431 g/mol. The fourth-order valence-corrected chi connectivity index (χ4v) is 4.67. The normalized spacial score (nSPS) is 15.0. The first-order valence-electron chi connectivity index (χ1n) is 10.4. The zero-order valence-electron chi connectivity index (χ0n) is 16.9. The lowest BCUT2D eigenvalue weighted by Crippen LogP contribution is -2.44. The predicted octanol–water partition coefficient (Wildman–Crippen LogP) is 3.50. The van der Waals surface area contributed by atoms with Crippen LogP contribution in [-0.2, 0) is 0 Å². The summed E-state index contributed by atoms with van der Waals surface area (Å²) in [5.41, 5.74) is 0.107. The number of benzene rings is 3. The van der Waals surface area contributed by atoms with Crippen molar-refractivity contribution < 1.29 is 19.0 Å². The summed E-state index contributed by atoms with van der Waals surface area (Å²) < 4.78 is 23.5. The van der Waals surface area contributed by atoms with Crippen molar-refractivity contribution in [2.45, 2.75) is 0 Å². The number of aromatic nitrogens is 1. The van der Waals surface area contributed by atoms with Crippen molar-refractivity contribution in [1.82, 2.24) is 9.88 Å². The van der Waals surface area contributed by atoms with Crippen LogP contribution in [0.2, 0.25) is 0 Å². The maximum Gasteiger partial charge on any atom is 0.341 e. The Kier molecular flexibility index (Phi) is 4.00. The van der Waals surface area contributed by atoms with E-state index in [9.17, 15) is 14.7 Å². The molecule has 0 bridgehead atoms. The molecule has 1 saturated heterocycles. The van der Waals surface area contributed by atoms with Gasteiger partial charge in [0.25, 0.3) is 0 Å². The number of carboxylic acid groups (broad SMARTS) is 1. The Morgan fingerprint density at radius 2 is 1.84 bits per heavy atom. The number of hydrogen-bond acceptors (Lipinski definition) is 5. The van der Waals surface area contributed by atoms with Crippen LogP contribution in [0.25, 0.3) is 27.4 Å². The molecule has 3 heterocycles. The number of piperazine rings is 1. The number of pyridine rings is 1. The SMILES string of the molecule is O=C(O)c1cn2c3c(c(N4CCNCC4)c(F)cc3c1=O)Oc1c-2ccc2ccccc12. The molecule has 0 radical (unpaired) electrons. The molecule has 2 aliphatic heterocycles. The first-order chi connectivity index (χ1) is 15.5. The van der Waals surface area contributed by atoms with Gasteiger partial charge < -0.3 is 24.6 Å². The number of hydrogen-bond donors (Lipinski definition) is 2. The summed E-state index contributed by atoms with van der Waals surface area (Å²) in [6.07, 6.45) is 1.31. The van der Waals surface area contributed by atoms with E-state index < -0.39 is 22.8 Å². The van der Waals surface area contributed by atoms with Crippen LogP contribution in [-0.4, -0.2) is 41.8 Å². The van der Waals surface area contributed by atoms with Crippen LogP contribution in [0.15, 0.2) is 53.5 Å². The summed E-state index contributed by atoms with van der Waals surface area (Å²) in [6.45, 7) is 2.56. The van der Waals surface area contributed by atoms with Crippen LogP contribution in [0, 0.1) is 5.82 Å². The molecule has 2 N–H and O–H groups in total. The highest BCUT2D eigenvalue weighted by Crippen LogP contribution is 2.48. The lowest BCUT2D eigenvalue weighted by atomic mass is 10.0. The molecule has 0 atom stereocenters. The van der Waals surface area contributed by atoms with Gasteiger partial charge in [-0.15, -0.1) is 0 Å². The van der Waals surface area contributed by atoms with Crippen LogP contribution < -0.4 is 20.4 Å². The molecule has 1 fully saturated rings. The van der Waals surface area contributed by atoms with Gasteiger partial charge in [0.15, 0.2) is 17.3 Å². The Morgan fingerprint density at radius 1 is 1.06 bits per heavy atom. The minimum atomic E-state index is -1.36. The van der Waals surface area contributed by atoms with Crippen LogP contribution >= 0.6 is 0 Å². The molecular formula is C24H18FN3O4. The Morgan fingerprint density at radius 3 is 2.62 bits per heavy atom. The Balaban J connectivity index is 1.77. The highest BCUT2D eigenvalue weighted by molar-refractivity contribution is 6.01. The molecule has 4 aromatic rings. The number of carbonyl (C=O) groups is 1. The van der Waals surface area contributed by atoms with Gasteiger partial charge in [-0.3, -0.25) is 4.79 Å². The Hall–Kier alpha value is -3.91. The molecule has 7 nitrogen and oxygen atoms in total. The maximum absolute atomic E-state index is 15.5. The van der Waals surface area contributed by atoms with Crippen molar-refractivity contribution >= 4 is 33.3 Å². The predicted molar refractivity (Wildman–Crippen MR) is 119 cm³/mol. The number of carboxylic acids is 1. The third kappa shape index (κ3) is 2.56. The molecule has 8 heteroatoms. The summed E-state index contributed by atoms with van der Waals surface area (Å²) >= 11 is 0. The largest absolute Gasteiger partial charge is 0.477 e. The molecule has 0 saturated carbocycles. The summed E-state index contributed by atoms with van der Waals surface area (Å²) in [5.74, 6) is -1.23. The molecule has 0 unspecified atom stereocenters. The summed E-state index contributed by atoms with van der Waals surface area (Å²) in [5, 5.41) is 14.6. The molecule has 2 aliphatic rings. The quantitative estimate of drug-likeness (QED) is 0.445. The van der Waals surface area contributed by atoms with E-state index >= 15 is 4.39 Å². The van der Waals surface area contributed by atoms with Crippen LogP contribution in [0.4, 0.5) is 10.1 Å². The first-order valence-corrected chi connectivity index (χ1v) is 10.4. The van der Waals surface area contributed by atoms with Gasteiger partial charge in [-0.1, -0.05) is 30.3 Å². The topological polar surface area (TPSA) is 83.8 Å². The van der Waals surface area contributed by atoms with Crippen molar-refractivity contribution in [1.29, 1.82) is 0 Å². The van der Waals surface area contributed by atoms with Crippen molar-refractivity contribution in [3.63, 3.8) is 0 Å². The molecule has 160 valence electrons. The van der Waals surface area contributed by atoms with Crippen molar-refractivity contribution in [2.24, 2.45) is 0 Å². The van der Waals surface area contributed by atoms with Crippen LogP contribution in [0.3, 0.4) is 0 Å². The lowest BCUT2D eigenvalue weighted by Gasteiger charge is -2.33. The molecule has 3 aromatic carbocycles. The second kappa shape index (κ2) is 6.80. The minimum Gasteiger partial charge on any atom is -0.477 e. The van der Waals surface area contributed by atoms with Gasteiger partial charge >= 0.3 is 5.97 Å². The van der Waals surface area contributed by atoms with Crippen LogP contribution in [0.1, 0.15) is 10.4 Å². The Labute approximate surface area is 181 Å². The third-order valence-corrected chi connectivity index (χ3v) is 6.16. The molecular weight excluding hydrogens is 413 g/mol. The number of aromatic carboxylic acids is 1. The monoisotopic (exact) mass is 431 g/mol. The van der Waals surface area contributed by atoms with Gasteiger partial charge in [0.05, 0.1) is 11.1 Å². The van der Waals surface area contributed by atoms with Gasteiger partial charge in [-0.25, -0.2) is 9.18 Å². The molecule has 32 heavy (non-hydrogen) atoms. The standard InChI is InChI=1S/C24H18FN3O4/c25-17-11-15-19-23(20(17)27-9-7-26-8-10-27)32-22-14-4-2-1-3-13(14)5-6-18(22)28(19)12-16(21(15)29)24(30)31/h1-6,11-12,26H,7-10H2,(H,30,31). The van der Waals surface area contributed by atoms with Crippen LogP contribution in [0.5, 0.6) is 11.5 Å². The van der Waals surface area contributed by atoms with Gasteiger partial charge in [0.1, 0.15) is 16.8 Å². The van der Waals surface area contributed by atoms with Gasteiger partial charge in [0.2, 0.25) is 5.43 Å². The van der Waals surface area contributed by atoms with Gasteiger partial charge in [-0.05, 0) is 17.5 Å². The van der Waals surface area contributed by atoms with E-state index in [4.69, 9.17) is 4.74 Å². The summed E-state index contributed by atoms with van der Waals surface area (Å²) in [7, 11) is 0. The van der Waals surface area contributed by atoms with E-state index in [0.717, 1.165) is 16.8 Å². The average Bonchev–Trinajstić information content (AvgIpc) is 2.81. The number of anilines is 1. The maximum atomic E-state index is 15.5. The van der Waals surface area contributed by atoms with E-state index in [-0.39, 0.29) is 16.8 Å². The van der Waals surface area contributed by atoms with E-state index in [1.165, 1.54) is 6.20 Å². The minimum absolute atomic E-state index is 0.0184. The molecule has 0 amide bonds. The smallest absolute Gasteiger partial charge is 0.341 e. The highest BCUT2D eigenvalue weighted by Gasteiger charge is 2.31. The number of rotatable bonds is 2. The zero-order chi connectivity index (χ0) is 22.0. The van der Waals surface area contributed by atoms with E-state index in [0.29, 0.717) is 43.1 Å². The second-order valence-corrected chi connectivity index (χ2v) is 7.95. The molecule has 1 aromatic heterocycles. The summed E-state index contributed by atoms with van der Waals surface area (Å²) in [6, 6.07) is 12.5. The second-order valence-electron chi connectivity index (χ2n) is 7.95. The molecule has 0 aliphatic carbocycles.